The molecular weight excluding hydrogens is 306 g/mol. The molecule has 0 radical (unpaired) electrons. The van der Waals surface area contributed by atoms with E-state index in [1.165, 1.54) is 6.33 Å². The van der Waals surface area contributed by atoms with Gasteiger partial charge in [0, 0.05) is 38.9 Å². The Hall–Kier alpha value is -1.44. The first-order valence-electron chi connectivity index (χ1n) is 7.38. The van der Waals surface area contributed by atoms with Crippen molar-refractivity contribution in [3.63, 3.8) is 0 Å². The molecule has 2 aliphatic rings. The standard InChI is InChI=1S/C14H21N5O2.ClH/c20-13-9-15-5-8-19(13)10-14(21)2-6-18(7-3-14)12-1-4-16-11-17-12;/h1,4,11,15,21H,2-3,5-10H2;1H. The number of carbonyl (C=O) groups is 1. The van der Waals surface area contributed by atoms with Crippen molar-refractivity contribution in [2.45, 2.75) is 18.4 Å². The average molecular weight is 328 g/mol. The van der Waals surface area contributed by atoms with Crippen LogP contribution in [0, 0.1) is 0 Å². The summed E-state index contributed by atoms with van der Waals surface area (Å²) in [7, 11) is 0. The van der Waals surface area contributed by atoms with E-state index in [-0.39, 0.29) is 18.3 Å². The maximum absolute atomic E-state index is 11.8. The van der Waals surface area contributed by atoms with E-state index in [0.717, 1.165) is 25.5 Å². The van der Waals surface area contributed by atoms with Gasteiger partial charge in [0.25, 0.3) is 0 Å². The zero-order valence-corrected chi connectivity index (χ0v) is 13.3. The molecule has 22 heavy (non-hydrogen) atoms. The average Bonchev–Trinajstić information content (AvgIpc) is 2.51. The van der Waals surface area contributed by atoms with Gasteiger partial charge in [0.15, 0.2) is 0 Å². The van der Waals surface area contributed by atoms with Crippen LogP contribution in [-0.2, 0) is 4.79 Å². The number of carbonyl (C=O) groups excluding carboxylic acids is 1. The molecule has 2 saturated heterocycles. The quantitative estimate of drug-likeness (QED) is 0.790. The zero-order chi connectivity index (χ0) is 14.7. The zero-order valence-electron chi connectivity index (χ0n) is 12.4. The Kier molecular flexibility index (Phi) is 5.55. The van der Waals surface area contributed by atoms with Gasteiger partial charge in [-0.05, 0) is 18.9 Å². The summed E-state index contributed by atoms with van der Waals surface area (Å²) in [5.41, 5.74) is -0.781. The number of piperidine rings is 1. The van der Waals surface area contributed by atoms with Crippen LogP contribution in [0.25, 0.3) is 0 Å². The van der Waals surface area contributed by atoms with Crippen molar-refractivity contribution in [2.24, 2.45) is 0 Å². The third-order valence-electron chi connectivity index (χ3n) is 4.26. The fourth-order valence-electron chi connectivity index (χ4n) is 2.95. The second-order valence-electron chi connectivity index (χ2n) is 5.77. The Bertz CT molecular complexity index is 493. The molecule has 0 unspecified atom stereocenters. The van der Waals surface area contributed by atoms with Crippen molar-refractivity contribution >= 4 is 24.1 Å². The topological polar surface area (TPSA) is 81.6 Å². The molecule has 2 fully saturated rings. The van der Waals surface area contributed by atoms with Crippen LogP contribution >= 0.6 is 12.4 Å². The molecule has 1 amide bonds. The Labute approximate surface area is 136 Å². The van der Waals surface area contributed by atoms with Crippen LogP contribution < -0.4 is 10.2 Å². The highest BCUT2D eigenvalue weighted by Crippen LogP contribution is 2.26. The number of hydrogen-bond acceptors (Lipinski definition) is 6. The van der Waals surface area contributed by atoms with Gasteiger partial charge in [-0.15, -0.1) is 12.4 Å². The summed E-state index contributed by atoms with van der Waals surface area (Å²) in [6, 6.07) is 1.88. The number of halogens is 1. The smallest absolute Gasteiger partial charge is 0.236 e. The SMILES string of the molecule is Cl.O=C1CNCCN1CC1(O)CCN(c2ccncn2)CC1. The summed E-state index contributed by atoms with van der Waals surface area (Å²) >= 11 is 0. The maximum Gasteiger partial charge on any atom is 0.236 e. The van der Waals surface area contributed by atoms with Crippen LogP contribution in [-0.4, -0.2) is 70.8 Å². The molecule has 2 aliphatic heterocycles. The first kappa shape index (κ1) is 16.9. The van der Waals surface area contributed by atoms with Gasteiger partial charge in [0.2, 0.25) is 5.91 Å². The fourth-order valence-corrected chi connectivity index (χ4v) is 2.95. The van der Waals surface area contributed by atoms with Crippen molar-refractivity contribution in [2.75, 3.05) is 44.2 Å². The van der Waals surface area contributed by atoms with E-state index < -0.39 is 5.60 Å². The Balaban J connectivity index is 0.00000176. The highest BCUT2D eigenvalue weighted by atomic mass is 35.5. The van der Waals surface area contributed by atoms with Gasteiger partial charge in [0.05, 0.1) is 12.1 Å². The van der Waals surface area contributed by atoms with Crippen LogP contribution in [0.4, 0.5) is 5.82 Å². The number of aromatic nitrogens is 2. The lowest BCUT2D eigenvalue weighted by Gasteiger charge is -2.42. The number of β-amino-alcohol motifs (C(OH)–C–C–N with tert-alkyl or cyclic N) is 1. The lowest BCUT2D eigenvalue weighted by molar-refractivity contribution is -0.136. The van der Waals surface area contributed by atoms with E-state index in [9.17, 15) is 9.90 Å². The van der Waals surface area contributed by atoms with E-state index in [1.807, 2.05) is 6.07 Å². The van der Waals surface area contributed by atoms with Gasteiger partial charge < -0.3 is 20.2 Å². The van der Waals surface area contributed by atoms with Crippen LogP contribution in [0.15, 0.2) is 18.6 Å². The minimum atomic E-state index is -0.781. The molecule has 7 nitrogen and oxygen atoms in total. The van der Waals surface area contributed by atoms with Gasteiger partial charge in [0.1, 0.15) is 12.1 Å². The van der Waals surface area contributed by atoms with E-state index in [1.54, 1.807) is 11.1 Å². The van der Waals surface area contributed by atoms with Gasteiger partial charge in [-0.2, -0.15) is 0 Å². The number of nitrogens with zero attached hydrogens (tertiary/aromatic N) is 4. The third kappa shape index (κ3) is 3.85. The molecule has 3 heterocycles. The van der Waals surface area contributed by atoms with Crippen molar-refractivity contribution in [1.29, 1.82) is 0 Å². The molecule has 122 valence electrons. The molecule has 0 spiro atoms. The predicted octanol–water partition coefficient (Wildman–Crippen LogP) is -0.339. The molecule has 1 aromatic heterocycles. The summed E-state index contributed by atoms with van der Waals surface area (Å²) in [6.45, 7) is 3.78. The molecule has 3 rings (SSSR count). The number of aliphatic hydroxyl groups is 1. The van der Waals surface area contributed by atoms with Gasteiger partial charge in [-0.25, -0.2) is 9.97 Å². The molecule has 2 N–H and O–H groups in total. The van der Waals surface area contributed by atoms with Crippen molar-refractivity contribution in [3.05, 3.63) is 18.6 Å². The van der Waals surface area contributed by atoms with E-state index in [2.05, 4.69) is 20.2 Å². The van der Waals surface area contributed by atoms with Crippen LogP contribution in [0.1, 0.15) is 12.8 Å². The molecule has 0 bridgehead atoms. The highest BCUT2D eigenvalue weighted by molar-refractivity contribution is 5.85. The molecule has 0 aliphatic carbocycles. The second-order valence-corrected chi connectivity index (χ2v) is 5.77. The summed E-state index contributed by atoms with van der Waals surface area (Å²) in [4.78, 5) is 23.9. The first-order chi connectivity index (χ1) is 10.2. The summed E-state index contributed by atoms with van der Waals surface area (Å²) < 4.78 is 0. The number of anilines is 1. The van der Waals surface area contributed by atoms with E-state index in [0.29, 0.717) is 32.5 Å². The van der Waals surface area contributed by atoms with Crippen molar-refractivity contribution in [1.82, 2.24) is 20.2 Å². The summed E-state index contributed by atoms with van der Waals surface area (Å²) in [6.07, 6.45) is 4.56. The van der Waals surface area contributed by atoms with Gasteiger partial charge in [-0.1, -0.05) is 0 Å². The lowest BCUT2D eigenvalue weighted by atomic mass is 9.90. The Morgan fingerprint density at radius 2 is 2.09 bits per heavy atom. The van der Waals surface area contributed by atoms with Crippen LogP contribution in [0.2, 0.25) is 0 Å². The number of amides is 1. The monoisotopic (exact) mass is 327 g/mol. The molecular formula is C14H22ClN5O2. The molecule has 8 heteroatoms. The predicted molar refractivity (Wildman–Crippen MR) is 85.1 cm³/mol. The van der Waals surface area contributed by atoms with Gasteiger partial charge >= 0.3 is 0 Å². The van der Waals surface area contributed by atoms with Crippen LogP contribution in [0.3, 0.4) is 0 Å². The largest absolute Gasteiger partial charge is 0.388 e. The lowest BCUT2D eigenvalue weighted by Crippen LogP contribution is -2.56. The number of rotatable bonds is 3. The third-order valence-corrected chi connectivity index (χ3v) is 4.26. The Morgan fingerprint density at radius 1 is 1.32 bits per heavy atom. The van der Waals surface area contributed by atoms with E-state index in [4.69, 9.17) is 0 Å². The summed E-state index contributed by atoms with van der Waals surface area (Å²) in [5, 5.41) is 13.8. The van der Waals surface area contributed by atoms with Crippen molar-refractivity contribution in [3.8, 4) is 0 Å². The second kappa shape index (κ2) is 7.21. The van der Waals surface area contributed by atoms with Crippen LogP contribution in [0.5, 0.6) is 0 Å². The maximum atomic E-state index is 11.8. The molecule has 0 aromatic carbocycles. The highest BCUT2D eigenvalue weighted by Gasteiger charge is 2.36. The number of nitrogens with one attached hydrogen (secondary N) is 1. The summed E-state index contributed by atoms with van der Waals surface area (Å²) in [5.74, 6) is 0.971. The van der Waals surface area contributed by atoms with E-state index >= 15 is 0 Å². The number of piperazine rings is 1. The fraction of sp³-hybridized carbons (Fsp3) is 0.643. The minimum Gasteiger partial charge on any atom is -0.388 e. The van der Waals surface area contributed by atoms with Gasteiger partial charge in [-0.3, -0.25) is 4.79 Å². The molecule has 0 atom stereocenters. The van der Waals surface area contributed by atoms with Crippen molar-refractivity contribution < 1.29 is 9.90 Å². The molecule has 0 saturated carbocycles. The normalized spacial score (nSPS) is 21.4. The Morgan fingerprint density at radius 3 is 2.73 bits per heavy atom. The molecule has 1 aromatic rings. The minimum absolute atomic E-state index is 0. The first-order valence-corrected chi connectivity index (χ1v) is 7.38. The number of hydrogen-bond donors (Lipinski definition) is 2.